The second-order valence-electron chi connectivity index (χ2n) is 4.40. The molecule has 102 valence electrons. The van der Waals surface area contributed by atoms with Gasteiger partial charge in [0.2, 0.25) is 5.91 Å². The zero-order chi connectivity index (χ0) is 14.0. The van der Waals surface area contributed by atoms with Crippen LogP contribution in [0.3, 0.4) is 0 Å². The van der Waals surface area contributed by atoms with Gasteiger partial charge in [-0.2, -0.15) is 0 Å². The molecule has 0 radical (unpaired) electrons. The lowest BCUT2D eigenvalue weighted by atomic mass is 10.2. The van der Waals surface area contributed by atoms with Crippen LogP contribution in [0.25, 0.3) is 11.0 Å². The molecule has 0 aliphatic heterocycles. The first-order chi connectivity index (χ1) is 9.06. The van der Waals surface area contributed by atoms with Crippen LogP contribution in [0.4, 0.5) is 0 Å². The fourth-order valence-electron chi connectivity index (χ4n) is 2.01. The lowest BCUT2D eigenvalue weighted by Crippen LogP contribution is -2.31. The van der Waals surface area contributed by atoms with Gasteiger partial charge in [-0.05, 0) is 37.7 Å². The van der Waals surface area contributed by atoms with Gasteiger partial charge in [0.05, 0.1) is 16.1 Å². The molecular formula is C13H16ClN3OS. The third-order valence-corrected chi connectivity index (χ3v) is 3.63. The lowest BCUT2D eigenvalue weighted by Gasteiger charge is -2.14. The van der Waals surface area contributed by atoms with Gasteiger partial charge in [0.1, 0.15) is 6.04 Å². The molecule has 0 bridgehead atoms. The number of H-pyrrole nitrogens is 1. The summed E-state index contributed by atoms with van der Waals surface area (Å²) >= 11 is 11.4. The van der Waals surface area contributed by atoms with Crippen molar-refractivity contribution in [2.45, 2.75) is 26.3 Å². The van der Waals surface area contributed by atoms with Crippen molar-refractivity contribution < 1.29 is 4.79 Å². The second kappa shape index (κ2) is 5.75. The van der Waals surface area contributed by atoms with Crippen LogP contribution in [0.1, 0.15) is 26.3 Å². The smallest absolute Gasteiger partial charge is 0.242 e. The molecule has 2 aromatic rings. The fourth-order valence-corrected chi connectivity index (χ4v) is 2.59. The van der Waals surface area contributed by atoms with Crippen molar-refractivity contribution in [3.05, 3.63) is 28.0 Å². The van der Waals surface area contributed by atoms with E-state index in [4.69, 9.17) is 23.8 Å². The largest absolute Gasteiger partial charge is 0.354 e. The Morgan fingerprint density at radius 1 is 1.58 bits per heavy atom. The van der Waals surface area contributed by atoms with Crippen LogP contribution in [0, 0.1) is 4.77 Å². The molecule has 0 saturated carbocycles. The van der Waals surface area contributed by atoms with Gasteiger partial charge in [0.15, 0.2) is 4.77 Å². The van der Waals surface area contributed by atoms with Gasteiger partial charge in [-0.15, -0.1) is 0 Å². The normalized spacial score (nSPS) is 12.6. The SMILES string of the molecule is CCCNC(=O)C(C)n1c(=S)[nH]c2c(Cl)cccc21. The number of nitrogens with zero attached hydrogens (tertiary/aromatic N) is 1. The molecule has 0 saturated heterocycles. The first kappa shape index (κ1) is 14.1. The fraction of sp³-hybridized carbons (Fsp3) is 0.385. The zero-order valence-electron chi connectivity index (χ0n) is 10.9. The molecule has 0 aliphatic carbocycles. The molecule has 1 heterocycles. The van der Waals surface area contributed by atoms with E-state index in [9.17, 15) is 4.79 Å². The average molecular weight is 298 g/mol. The highest BCUT2D eigenvalue weighted by atomic mass is 35.5. The number of aromatic amines is 1. The van der Waals surface area contributed by atoms with Gasteiger partial charge in [0.25, 0.3) is 0 Å². The summed E-state index contributed by atoms with van der Waals surface area (Å²) in [6.07, 6.45) is 0.906. The first-order valence-electron chi connectivity index (χ1n) is 6.22. The van der Waals surface area contributed by atoms with E-state index >= 15 is 0 Å². The minimum Gasteiger partial charge on any atom is -0.354 e. The van der Waals surface area contributed by atoms with Gasteiger partial charge in [-0.1, -0.05) is 24.6 Å². The van der Waals surface area contributed by atoms with Crippen LogP contribution < -0.4 is 5.32 Å². The molecule has 1 amide bonds. The Kier molecular flexibility index (Phi) is 4.27. The van der Waals surface area contributed by atoms with Crippen molar-refractivity contribution in [1.82, 2.24) is 14.9 Å². The van der Waals surface area contributed by atoms with E-state index < -0.39 is 0 Å². The summed E-state index contributed by atoms with van der Waals surface area (Å²) in [5.41, 5.74) is 1.61. The number of hydrogen-bond acceptors (Lipinski definition) is 2. The highest BCUT2D eigenvalue weighted by Crippen LogP contribution is 2.25. The predicted octanol–water partition coefficient (Wildman–Crippen LogP) is 3.44. The summed E-state index contributed by atoms with van der Waals surface area (Å²) in [6, 6.07) is 5.17. The molecule has 1 aromatic heterocycles. The maximum absolute atomic E-state index is 12.1. The molecule has 4 nitrogen and oxygen atoms in total. The molecular weight excluding hydrogens is 282 g/mol. The Balaban J connectivity index is 2.45. The molecule has 1 aromatic carbocycles. The highest BCUT2D eigenvalue weighted by Gasteiger charge is 2.18. The number of para-hydroxylation sites is 1. The quantitative estimate of drug-likeness (QED) is 0.849. The molecule has 0 spiro atoms. The van der Waals surface area contributed by atoms with E-state index in [1.54, 1.807) is 10.6 Å². The molecule has 0 fully saturated rings. The van der Waals surface area contributed by atoms with Gasteiger partial charge >= 0.3 is 0 Å². The molecule has 1 atom stereocenters. The average Bonchev–Trinajstić information content (AvgIpc) is 2.73. The topological polar surface area (TPSA) is 49.8 Å². The van der Waals surface area contributed by atoms with Crippen LogP contribution in [0.5, 0.6) is 0 Å². The van der Waals surface area contributed by atoms with Crippen molar-refractivity contribution >= 4 is 40.8 Å². The van der Waals surface area contributed by atoms with Crippen molar-refractivity contribution in [3.8, 4) is 0 Å². The number of nitrogens with one attached hydrogen (secondary N) is 2. The van der Waals surface area contributed by atoms with Crippen molar-refractivity contribution in [2.24, 2.45) is 0 Å². The van der Waals surface area contributed by atoms with Crippen LogP contribution in [-0.4, -0.2) is 22.0 Å². The standard InChI is InChI=1S/C13H16ClN3OS/c1-3-7-15-12(18)8(2)17-10-6-4-5-9(14)11(10)16-13(17)19/h4-6,8H,3,7H2,1-2H3,(H,15,18)(H,16,19). The summed E-state index contributed by atoms with van der Waals surface area (Å²) in [4.78, 5) is 15.1. The summed E-state index contributed by atoms with van der Waals surface area (Å²) in [5.74, 6) is -0.0428. The minimum absolute atomic E-state index is 0.0428. The number of carbonyl (C=O) groups excluding carboxylic acids is 1. The Morgan fingerprint density at radius 3 is 3.00 bits per heavy atom. The van der Waals surface area contributed by atoms with E-state index in [2.05, 4.69) is 10.3 Å². The van der Waals surface area contributed by atoms with Crippen molar-refractivity contribution in [1.29, 1.82) is 0 Å². The summed E-state index contributed by atoms with van der Waals surface area (Å²) < 4.78 is 2.30. The maximum Gasteiger partial charge on any atom is 0.242 e. The molecule has 19 heavy (non-hydrogen) atoms. The van der Waals surface area contributed by atoms with E-state index in [1.807, 2.05) is 26.0 Å². The van der Waals surface area contributed by atoms with Gasteiger partial charge in [-0.25, -0.2) is 0 Å². The van der Waals surface area contributed by atoms with E-state index in [-0.39, 0.29) is 11.9 Å². The number of aromatic nitrogens is 2. The molecule has 6 heteroatoms. The van der Waals surface area contributed by atoms with Crippen molar-refractivity contribution in [3.63, 3.8) is 0 Å². The van der Waals surface area contributed by atoms with Crippen LogP contribution in [-0.2, 0) is 4.79 Å². The van der Waals surface area contributed by atoms with Gasteiger partial charge in [0, 0.05) is 6.54 Å². The first-order valence-corrected chi connectivity index (χ1v) is 7.01. The summed E-state index contributed by atoms with van der Waals surface area (Å²) in [7, 11) is 0. The van der Waals surface area contributed by atoms with E-state index in [0.717, 1.165) is 17.5 Å². The Hall–Kier alpha value is -1.33. The zero-order valence-corrected chi connectivity index (χ0v) is 12.4. The molecule has 0 aliphatic rings. The second-order valence-corrected chi connectivity index (χ2v) is 5.20. The Morgan fingerprint density at radius 2 is 2.32 bits per heavy atom. The summed E-state index contributed by atoms with van der Waals surface area (Å²) in [5, 5.41) is 3.47. The minimum atomic E-state index is -0.369. The number of hydrogen-bond donors (Lipinski definition) is 2. The molecule has 2 rings (SSSR count). The van der Waals surface area contributed by atoms with Gasteiger partial charge in [-0.3, -0.25) is 4.79 Å². The Labute approximate surface area is 121 Å². The van der Waals surface area contributed by atoms with E-state index in [0.29, 0.717) is 16.3 Å². The molecule has 1 unspecified atom stereocenters. The number of amides is 1. The number of imidazole rings is 1. The maximum atomic E-state index is 12.1. The van der Waals surface area contributed by atoms with Gasteiger partial charge < -0.3 is 14.9 Å². The number of fused-ring (bicyclic) bond motifs is 1. The van der Waals surface area contributed by atoms with Crippen LogP contribution in [0.2, 0.25) is 5.02 Å². The van der Waals surface area contributed by atoms with Crippen molar-refractivity contribution in [2.75, 3.05) is 6.54 Å². The number of benzene rings is 1. The summed E-state index contributed by atoms with van der Waals surface area (Å²) in [6.45, 7) is 4.51. The molecule has 2 N–H and O–H groups in total. The third-order valence-electron chi connectivity index (χ3n) is 3.02. The number of carbonyl (C=O) groups is 1. The monoisotopic (exact) mass is 297 g/mol. The highest BCUT2D eigenvalue weighted by molar-refractivity contribution is 7.71. The Bertz CT molecular complexity index is 661. The number of halogens is 1. The van der Waals surface area contributed by atoms with E-state index in [1.165, 1.54) is 0 Å². The predicted molar refractivity (Wildman–Crippen MR) is 80.1 cm³/mol. The van der Waals surface area contributed by atoms with Crippen LogP contribution >= 0.6 is 23.8 Å². The van der Waals surface area contributed by atoms with Crippen LogP contribution in [0.15, 0.2) is 18.2 Å². The number of rotatable bonds is 4. The lowest BCUT2D eigenvalue weighted by molar-refractivity contribution is -0.123. The third kappa shape index (κ3) is 2.67.